The Morgan fingerprint density at radius 2 is 1.59 bits per heavy atom. The van der Waals surface area contributed by atoms with E-state index < -0.39 is 30.4 Å². The van der Waals surface area contributed by atoms with Gasteiger partial charge >= 0.3 is 11.9 Å². The Balaban J connectivity index is 1.37. The van der Waals surface area contributed by atoms with Gasteiger partial charge in [0.25, 0.3) is 0 Å². The lowest BCUT2D eigenvalue weighted by atomic mass is 10.1. The highest BCUT2D eigenvalue weighted by Crippen LogP contribution is 2.34. The van der Waals surface area contributed by atoms with Crippen molar-refractivity contribution in [3.05, 3.63) is 81.3 Å². The Bertz CT molecular complexity index is 1460. The first-order chi connectivity index (χ1) is 17.8. The summed E-state index contributed by atoms with van der Waals surface area (Å²) in [6.45, 7) is -0.180. The van der Waals surface area contributed by atoms with Crippen molar-refractivity contribution in [2.75, 3.05) is 12.3 Å². The number of carbonyl (C=O) groups is 2. The molecule has 5 rings (SSSR count). The van der Waals surface area contributed by atoms with Gasteiger partial charge in [0, 0.05) is 16.5 Å². The van der Waals surface area contributed by atoms with E-state index in [9.17, 15) is 9.59 Å². The van der Waals surface area contributed by atoms with Crippen molar-refractivity contribution < 1.29 is 23.8 Å². The van der Waals surface area contributed by atoms with Gasteiger partial charge in [-0.15, -0.1) is 0 Å². The number of aromatic nitrogens is 4. The van der Waals surface area contributed by atoms with E-state index in [0.29, 0.717) is 32.3 Å². The van der Waals surface area contributed by atoms with Crippen LogP contribution < -0.4 is 5.73 Å². The van der Waals surface area contributed by atoms with Crippen LogP contribution in [0.15, 0.2) is 54.9 Å². The minimum Gasteiger partial charge on any atom is -0.459 e. The molecule has 0 saturated carbocycles. The molecule has 0 bridgehead atoms. The van der Waals surface area contributed by atoms with Gasteiger partial charge in [0.2, 0.25) is 5.28 Å². The third-order valence-corrected chi connectivity index (χ3v) is 6.38. The molecule has 1 aliphatic rings. The van der Waals surface area contributed by atoms with Crippen molar-refractivity contribution >= 4 is 63.7 Å². The number of anilines is 1. The zero-order chi connectivity index (χ0) is 26.1. The number of imidazole rings is 1. The number of nitrogen functional groups attached to an aromatic ring is 1. The maximum atomic E-state index is 12.8. The minimum absolute atomic E-state index is 0.0519. The van der Waals surface area contributed by atoms with Crippen molar-refractivity contribution in [1.29, 1.82) is 0 Å². The van der Waals surface area contributed by atoms with Crippen LogP contribution in [0.3, 0.4) is 0 Å². The number of halogens is 3. The number of esters is 2. The number of benzene rings is 2. The molecule has 2 N–H and O–H groups in total. The van der Waals surface area contributed by atoms with Gasteiger partial charge in [-0.1, -0.05) is 23.2 Å². The fourth-order valence-electron chi connectivity index (χ4n) is 3.89. The van der Waals surface area contributed by atoms with Crippen LogP contribution in [-0.4, -0.2) is 50.3 Å². The summed E-state index contributed by atoms with van der Waals surface area (Å²) in [5.74, 6) is -1.04. The van der Waals surface area contributed by atoms with Gasteiger partial charge in [0.1, 0.15) is 30.6 Å². The summed E-state index contributed by atoms with van der Waals surface area (Å²) < 4.78 is 19.0. The first-order valence-electron chi connectivity index (χ1n) is 11.0. The van der Waals surface area contributed by atoms with E-state index in [-0.39, 0.29) is 24.1 Å². The molecule has 2 aromatic carbocycles. The molecule has 1 saturated heterocycles. The molecule has 0 unspecified atom stereocenters. The topological polar surface area (TPSA) is 131 Å². The van der Waals surface area contributed by atoms with Gasteiger partial charge in [-0.3, -0.25) is 4.57 Å². The van der Waals surface area contributed by atoms with Crippen molar-refractivity contribution in [3.63, 3.8) is 0 Å². The van der Waals surface area contributed by atoms with Crippen LogP contribution in [0.4, 0.5) is 5.82 Å². The highest BCUT2D eigenvalue weighted by Gasteiger charge is 2.40. The molecule has 0 amide bonds. The molecule has 2 aromatic heterocycles. The first-order valence-corrected chi connectivity index (χ1v) is 12.1. The molecule has 13 heteroatoms. The second-order valence-electron chi connectivity index (χ2n) is 8.12. The predicted molar refractivity (Wildman–Crippen MR) is 136 cm³/mol. The molecule has 1 aliphatic heterocycles. The van der Waals surface area contributed by atoms with Crippen LogP contribution in [0.5, 0.6) is 0 Å². The molecule has 190 valence electrons. The zero-order valence-electron chi connectivity index (χ0n) is 18.9. The molecule has 0 spiro atoms. The number of fused-ring (bicyclic) bond motifs is 1. The van der Waals surface area contributed by atoms with Crippen LogP contribution in [0, 0.1) is 0 Å². The highest BCUT2D eigenvalue weighted by atomic mass is 35.5. The normalized spacial score (nSPS) is 19.2. The lowest BCUT2D eigenvalue weighted by Gasteiger charge is -2.19. The lowest BCUT2D eigenvalue weighted by Crippen LogP contribution is -2.32. The molecule has 0 aliphatic carbocycles. The second-order valence-corrected chi connectivity index (χ2v) is 9.33. The first kappa shape index (κ1) is 25.2. The van der Waals surface area contributed by atoms with Crippen LogP contribution in [-0.2, 0) is 14.2 Å². The predicted octanol–water partition coefficient (Wildman–Crippen LogP) is 4.74. The molecular formula is C24H18Cl3N5O5. The maximum absolute atomic E-state index is 12.8. The van der Waals surface area contributed by atoms with Crippen molar-refractivity contribution in [2.45, 2.75) is 24.9 Å². The Kier molecular flexibility index (Phi) is 7.16. The van der Waals surface area contributed by atoms with E-state index in [4.69, 9.17) is 54.7 Å². The van der Waals surface area contributed by atoms with Crippen molar-refractivity contribution in [3.8, 4) is 0 Å². The molecular weight excluding hydrogens is 545 g/mol. The average Bonchev–Trinajstić information content (AvgIpc) is 3.47. The fraction of sp³-hybridized carbons (Fsp3) is 0.208. The van der Waals surface area contributed by atoms with E-state index in [1.807, 2.05) is 0 Å². The number of nitrogens with two attached hydrogens (primary N) is 1. The molecule has 3 heterocycles. The monoisotopic (exact) mass is 561 g/mol. The maximum Gasteiger partial charge on any atom is 0.338 e. The molecule has 0 radical (unpaired) electrons. The molecule has 10 nitrogen and oxygen atoms in total. The van der Waals surface area contributed by atoms with Crippen LogP contribution >= 0.6 is 34.8 Å². The Morgan fingerprint density at radius 3 is 2.24 bits per heavy atom. The minimum atomic E-state index is -0.787. The van der Waals surface area contributed by atoms with Crippen molar-refractivity contribution in [2.24, 2.45) is 0 Å². The number of hydrogen-bond acceptors (Lipinski definition) is 9. The summed E-state index contributed by atoms with van der Waals surface area (Å²) in [7, 11) is 0. The summed E-state index contributed by atoms with van der Waals surface area (Å²) in [6, 6.07) is 12.5. The van der Waals surface area contributed by atoms with Gasteiger partial charge in [-0.25, -0.2) is 14.6 Å². The number of carbonyl (C=O) groups excluding carboxylic acids is 2. The number of nitrogens with zero attached hydrogens (tertiary/aromatic N) is 4. The third kappa shape index (κ3) is 5.47. The quantitative estimate of drug-likeness (QED) is 0.261. The lowest BCUT2D eigenvalue weighted by molar-refractivity contribution is -0.0563. The van der Waals surface area contributed by atoms with Crippen molar-refractivity contribution in [1.82, 2.24) is 19.5 Å². The Labute approximate surface area is 225 Å². The van der Waals surface area contributed by atoms with Crippen LogP contribution in [0.2, 0.25) is 15.3 Å². The summed E-state index contributed by atoms with van der Waals surface area (Å²) >= 11 is 17.8. The van der Waals surface area contributed by atoms with E-state index in [1.165, 1.54) is 6.33 Å². The number of hydrogen-bond donors (Lipinski definition) is 1. The SMILES string of the molecule is Nc1nc(Cl)nc2c1ncn2[C@H]1C[C@H](OC(=O)c2ccc(Cl)cc2)[C@@H](COC(=O)c2ccc(Cl)cc2)O1. The highest BCUT2D eigenvalue weighted by molar-refractivity contribution is 6.31. The average molecular weight is 563 g/mol. The summed E-state index contributed by atoms with van der Waals surface area (Å²) in [5.41, 5.74) is 7.24. The second kappa shape index (κ2) is 10.5. The van der Waals surface area contributed by atoms with E-state index >= 15 is 0 Å². The van der Waals surface area contributed by atoms with Gasteiger partial charge < -0.3 is 19.9 Å². The summed E-state index contributed by atoms with van der Waals surface area (Å²) in [6.07, 6.45) is -0.521. The Morgan fingerprint density at radius 1 is 0.973 bits per heavy atom. The molecule has 3 atom stereocenters. The largest absolute Gasteiger partial charge is 0.459 e. The van der Waals surface area contributed by atoms with E-state index in [0.717, 1.165) is 0 Å². The smallest absolute Gasteiger partial charge is 0.338 e. The van der Waals surface area contributed by atoms with Crippen LogP contribution in [0.25, 0.3) is 11.2 Å². The summed E-state index contributed by atoms with van der Waals surface area (Å²) in [5, 5.41) is 0.924. The fourth-order valence-corrected chi connectivity index (χ4v) is 4.31. The van der Waals surface area contributed by atoms with Gasteiger partial charge in [0.05, 0.1) is 17.5 Å². The van der Waals surface area contributed by atoms with Crippen LogP contribution in [0.1, 0.15) is 33.4 Å². The number of rotatable bonds is 6. The summed E-state index contributed by atoms with van der Waals surface area (Å²) in [4.78, 5) is 37.7. The van der Waals surface area contributed by atoms with E-state index in [1.54, 1.807) is 53.1 Å². The molecule has 1 fully saturated rings. The molecule has 37 heavy (non-hydrogen) atoms. The standard InChI is InChI=1S/C24H18Cl3N5O5/c25-14-5-1-12(2-6-14)22(33)35-10-17-16(37-23(34)13-3-7-15(26)8-4-13)9-18(36-17)32-11-29-19-20(28)30-24(27)31-21(19)32/h1-8,11,16-18H,9-10H2,(H2,28,30,31)/t16-,17+,18+/m0/s1. The zero-order valence-corrected chi connectivity index (χ0v) is 21.2. The third-order valence-electron chi connectivity index (χ3n) is 5.71. The molecule has 4 aromatic rings. The Hall–Kier alpha value is -3.44. The van der Waals surface area contributed by atoms with Gasteiger partial charge in [-0.2, -0.15) is 9.97 Å². The van der Waals surface area contributed by atoms with Gasteiger partial charge in [-0.05, 0) is 60.1 Å². The van der Waals surface area contributed by atoms with E-state index in [2.05, 4.69) is 15.0 Å². The van der Waals surface area contributed by atoms with Gasteiger partial charge in [0.15, 0.2) is 11.5 Å². The number of ether oxygens (including phenoxy) is 3.